The largest absolute Gasteiger partial charge is 1.00 e. The Balaban J connectivity index is 0.000000200. The van der Waals surface area contributed by atoms with Gasteiger partial charge in [-0.3, -0.25) is 18.5 Å². The van der Waals surface area contributed by atoms with E-state index in [0.717, 1.165) is 24.3 Å². The van der Waals surface area contributed by atoms with Crippen molar-refractivity contribution in [2.24, 2.45) is 14.1 Å². The van der Waals surface area contributed by atoms with Crippen molar-refractivity contribution in [2.75, 3.05) is 0 Å². The van der Waals surface area contributed by atoms with Crippen molar-refractivity contribution in [2.45, 2.75) is 12.4 Å². The van der Waals surface area contributed by atoms with Crippen molar-refractivity contribution in [1.82, 2.24) is 28.7 Å². The van der Waals surface area contributed by atoms with Crippen molar-refractivity contribution in [3.63, 3.8) is 0 Å². The Labute approximate surface area is 344 Å². The summed E-state index contributed by atoms with van der Waals surface area (Å²) in [4.78, 5) is 22.3. The van der Waals surface area contributed by atoms with Gasteiger partial charge in [-0.2, -0.15) is 36.5 Å². The number of carbonyl (C=O) groups is 2. The summed E-state index contributed by atoms with van der Waals surface area (Å²) < 4.78 is 83.4. The number of benzene rings is 4. The van der Waals surface area contributed by atoms with E-state index >= 15 is 0 Å². The molecule has 0 saturated heterocycles. The average Bonchev–Trinajstić information content (AvgIpc) is 3.81. The normalized spacial score (nSPS) is 11.7. The van der Waals surface area contributed by atoms with E-state index in [2.05, 4.69) is 10.2 Å². The zero-order valence-electron chi connectivity index (χ0n) is 28.8. The number of rotatable bonds is 4. The second kappa shape index (κ2) is 14.9. The van der Waals surface area contributed by atoms with Gasteiger partial charge < -0.3 is 19.8 Å². The first-order chi connectivity index (χ1) is 24.5. The van der Waals surface area contributed by atoms with Crippen LogP contribution in [0.3, 0.4) is 0 Å². The molecular formula is C36H22F6N6Na2O4. The van der Waals surface area contributed by atoms with Crippen LogP contribution in [0.4, 0.5) is 26.3 Å². The summed E-state index contributed by atoms with van der Waals surface area (Å²) >= 11 is 0. The van der Waals surface area contributed by atoms with Crippen LogP contribution in [0.2, 0.25) is 0 Å². The standard InChI is InChI=1S/2C18H12F3N3O2.2Na/c2*1-23-9-14-13-8-10(17(25)26)2-7-15(13)24(16(14)22-23)12-5-3-11(4-6-12)18(19,20)21;;/h2*2-9H,1H3,(H,25,26);;/q;;2*+1/p-2. The van der Waals surface area contributed by atoms with Gasteiger partial charge in [0.15, 0.2) is 11.3 Å². The molecule has 0 N–H and O–H groups in total. The molecule has 0 atom stereocenters. The minimum atomic E-state index is -4.42. The number of halogens is 6. The molecule has 4 heterocycles. The van der Waals surface area contributed by atoms with Crippen LogP contribution >= 0.6 is 0 Å². The van der Waals surface area contributed by atoms with Gasteiger partial charge in [0.1, 0.15) is 0 Å². The van der Waals surface area contributed by atoms with Gasteiger partial charge in [-0.15, -0.1) is 0 Å². The Hall–Kier alpha value is -4.58. The van der Waals surface area contributed by atoms with Gasteiger partial charge in [0.05, 0.1) is 34.1 Å². The number of carbonyl (C=O) groups excluding carboxylic acids is 2. The molecule has 0 bridgehead atoms. The summed E-state index contributed by atoms with van der Waals surface area (Å²) in [7, 11) is 3.43. The maximum Gasteiger partial charge on any atom is 1.00 e. The van der Waals surface area contributed by atoms with E-state index in [0.29, 0.717) is 55.2 Å². The number of alkyl halides is 6. The van der Waals surface area contributed by atoms with Crippen LogP contribution in [0.25, 0.3) is 55.2 Å². The fourth-order valence-electron chi connectivity index (χ4n) is 6.16. The Morgan fingerprint density at radius 1 is 0.537 bits per heavy atom. The van der Waals surface area contributed by atoms with Crippen LogP contribution in [0.15, 0.2) is 97.3 Å². The molecule has 0 amide bonds. The first kappa shape index (κ1) is 40.6. The Bertz CT molecular complexity index is 2510. The minimum Gasteiger partial charge on any atom is -0.545 e. The monoisotopic (exact) mass is 762 g/mol. The topological polar surface area (TPSA) is 126 Å². The van der Waals surface area contributed by atoms with Crippen molar-refractivity contribution < 1.29 is 105 Å². The van der Waals surface area contributed by atoms with Gasteiger partial charge in [0.25, 0.3) is 0 Å². The Morgan fingerprint density at radius 3 is 1.17 bits per heavy atom. The third-order valence-corrected chi connectivity index (χ3v) is 8.47. The first-order valence-corrected chi connectivity index (χ1v) is 15.2. The molecule has 0 fully saturated rings. The van der Waals surface area contributed by atoms with E-state index in [9.17, 15) is 46.1 Å². The Morgan fingerprint density at radius 2 is 0.870 bits per heavy atom. The summed E-state index contributed by atoms with van der Waals surface area (Å²) in [6.07, 6.45) is -5.36. The molecule has 4 aromatic carbocycles. The summed E-state index contributed by atoms with van der Waals surface area (Å²) in [6, 6.07) is 18.4. The van der Waals surface area contributed by atoms with E-state index in [-0.39, 0.29) is 70.2 Å². The molecule has 0 saturated carbocycles. The number of carboxylic acids is 2. The van der Waals surface area contributed by atoms with E-state index in [1.54, 1.807) is 57.1 Å². The molecule has 0 aliphatic carbocycles. The minimum absolute atomic E-state index is 0. The molecule has 10 nitrogen and oxygen atoms in total. The smallest absolute Gasteiger partial charge is 0.545 e. The molecule has 8 aromatic rings. The molecule has 0 spiro atoms. The molecule has 0 aliphatic heterocycles. The number of aryl methyl sites for hydroxylation is 2. The second-order valence-corrected chi connectivity index (χ2v) is 11.9. The molecule has 264 valence electrons. The van der Waals surface area contributed by atoms with Crippen LogP contribution in [0, 0.1) is 0 Å². The van der Waals surface area contributed by atoms with Gasteiger partial charge in [0, 0.05) is 59.4 Å². The van der Waals surface area contributed by atoms with Crippen LogP contribution in [-0.2, 0) is 26.4 Å². The molecule has 0 radical (unpaired) electrons. The van der Waals surface area contributed by atoms with Crippen molar-refractivity contribution in [1.29, 1.82) is 0 Å². The van der Waals surface area contributed by atoms with Gasteiger partial charge in [-0.1, -0.05) is 12.1 Å². The fraction of sp³-hybridized carbons (Fsp3) is 0.111. The maximum absolute atomic E-state index is 12.8. The molecule has 4 aromatic heterocycles. The zero-order chi connectivity index (χ0) is 37.3. The number of fused-ring (bicyclic) bond motifs is 6. The number of hydrogen-bond acceptors (Lipinski definition) is 6. The van der Waals surface area contributed by atoms with Crippen molar-refractivity contribution in [3.05, 3.63) is 120 Å². The first-order valence-electron chi connectivity index (χ1n) is 15.2. The predicted octanol–water partition coefficient (Wildman–Crippen LogP) is -0.193. The summed E-state index contributed by atoms with van der Waals surface area (Å²) in [5, 5.41) is 33.7. The number of aromatic carboxylic acids is 2. The van der Waals surface area contributed by atoms with Crippen LogP contribution in [-0.4, -0.2) is 40.6 Å². The number of aromatic nitrogens is 6. The molecule has 0 unspecified atom stereocenters. The van der Waals surface area contributed by atoms with Crippen LogP contribution in [0.1, 0.15) is 31.8 Å². The number of nitrogens with zero attached hydrogens (tertiary/aromatic N) is 6. The second-order valence-electron chi connectivity index (χ2n) is 11.9. The SMILES string of the molecule is Cn1cc2c3cc(C(=O)[O-])ccc3n(-c3ccc(C(F)(F)F)cc3)c2n1.Cn1cc2c3cc(C(=O)[O-])ccc3n(-c3ccc(C(F)(F)F)cc3)c2n1.[Na+].[Na+]. The fourth-order valence-corrected chi connectivity index (χ4v) is 6.16. The number of carboxylic acid groups (broad SMARTS) is 2. The summed E-state index contributed by atoms with van der Waals surface area (Å²) in [5.74, 6) is -2.60. The van der Waals surface area contributed by atoms with Crippen molar-refractivity contribution >= 4 is 55.8 Å². The quantitative estimate of drug-likeness (QED) is 0.181. The third kappa shape index (κ3) is 7.41. The maximum atomic E-state index is 12.8. The summed E-state index contributed by atoms with van der Waals surface area (Å²) in [6.45, 7) is 0. The zero-order valence-corrected chi connectivity index (χ0v) is 32.8. The van der Waals surface area contributed by atoms with Crippen molar-refractivity contribution in [3.8, 4) is 11.4 Å². The van der Waals surface area contributed by atoms with Gasteiger partial charge in [-0.05, 0) is 83.9 Å². The van der Waals surface area contributed by atoms with E-state index < -0.39 is 35.4 Å². The van der Waals surface area contributed by atoms with E-state index in [1.807, 2.05) is 0 Å². The molecule has 54 heavy (non-hydrogen) atoms. The van der Waals surface area contributed by atoms with Crippen LogP contribution < -0.4 is 69.3 Å². The van der Waals surface area contributed by atoms with Gasteiger partial charge in [0.2, 0.25) is 0 Å². The van der Waals surface area contributed by atoms with E-state index in [4.69, 9.17) is 0 Å². The predicted molar refractivity (Wildman–Crippen MR) is 174 cm³/mol. The third-order valence-electron chi connectivity index (χ3n) is 8.47. The summed E-state index contributed by atoms with van der Waals surface area (Å²) in [5.41, 5.74) is 1.90. The number of hydrogen-bond donors (Lipinski definition) is 0. The Kier molecular flexibility index (Phi) is 11.2. The van der Waals surface area contributed by atoms with Gasteiger partial charge in [-0.25, -0.2) is 0 Å². The molecule has 8 rings (SSSR count). The van der Waals surface area contributed by atoms with Crippen LogP contribution in [0.5, 0.6) is 0 Å². The average molecular weight is 763 g/mol. The molecular weight excluding hydrogens is 740 g/mol. The van der Waals surface area contributed by atoms with E-state index in [1.165, 1.54) is 48.5 Å². The molecule has 0 aliphatic rings. The molecule has 18 heteroatoms. The van der Waals surface area contributed by atoms with Gasteiger partial charge >= 0.3 is 71.5 Å².